The Morgan fingerprint density at radius 1 is 0.346 bits per heavy atom. The number of anilines is 3. The average Bonchev–Trinajstić information content (AvgIpc) is 3.57. The van der Waals surface area contributed by atoms with Gasteiger partial charge in [-0.15, -0.1) is 0 Å². The van der Waals surface area contributed by atoms with Gasteiger partial charge in [-0.05, 0) is 86.8 Å². The average molecular weight is 663 g/mol. The summed E-state index contributed by atoms with van der Waals surface area (Å²) in [6, 6.07) is 74.7. The first-order valence-corrected chi connectivity index (χ1v) is 17.9. The zero-order chi connectivity index (χ0) is 34.4. The standard InChI is InChI=1S/C50H34N2/c1-3-14-35(15-4-1)36-28-30-40(31-29-36)51(46-22-11-9-20-44(46)37-16-5-2-6-17-37)48-24-13-25-49-50(48)45-21-10-12-23-47(45)52(49)41-32-33-43-39(34-41)27-26-38-18-7-8-19-42(38)43/h1-34H. The van der Waals surface area contributed by atoms with Gasteiger partial charge in [0.1, 0.15) is 0 Å². The Balaban J connectivity index is 1.23. The van der Waals surface area contributed by atoms with E-state index >= 15 is 0 Å². The highest BCUT2D eigenvalue weighted by Crippen LogP contribution is 2.46. The zero-order valence-corrected chi connectivity index (χ0v) is 28.5. The van der Waals surface area contributed by atoms with E-state index in [1.54, 1.807) is 0 Å². The van der Waals surface area contributed by atoms with Crippen molar-refractivity contribution in [2.75, 3.05) is 4.90 Å². The summed E-state index contributed by atoms with van der Waals surface area (Å²) in [6.07, 6.45) is 0. The zero-order valence-electron chi connectivity index (χ0n) is 28.5. The van der Waals surface area contributed by atoms with Crippen molar-refractivity contribution in [3.8, 4) is 27.9 Å². The van der Waals surface area contributed by atoms with Gasteiger partial charge in [-0.2, -0.15) is 0 Å². The molecule has 0 saturated carbocycles. The van der Waals surface area contributed by atoms with E-state index in [1.807, 2.05) is 0 Å². The summed E-state index contributed by atoms with van der Waals surface area (Å²) in [5, 5.41) is 7.47. The highest BCUT2D eigenvalue weighted by atomic mass is 15.1. The Kier molecular flexibility index (Phi) is 7.18. The number of rotatable bonds is 6. The molecule has 0 unspecified atom stereocenters. The van der Waals surface area contributed by atoms with Crippen LogP contribution in [0.3, 0.4) is 0 Å². The molecule has 1 aromatic heterocycles. The van der Waals surface area contributed by atoms with E-state index < -0.39 is 0 Å². The molecule has 2 nitrogen and oxygen atoms in total. The van der Waals surface area contributed by atoms with E-state index in [4.69, 9.17) is 0 Å². The highest BCUT2D eigenvalue weighted by Gasteiger charge is 2.23. The van der Waals surface area contributed by atoms with Crippen molar-refractivity contribution in [1.29, 1.82) is 0 Å². The van der Waals surface area contributed by atoms with Gasteiger partial charge in [0, 0.05) is 27.7 Å². The normalized spacial score (nSPS) is 11.5. The Bertz CT molecular complexity index is 2890. The molecule has 10 aromatic rings. The molecule has 0 bridgehead atoms. The van der Waals surface area contributed by atoms with Crippen LogP contribution < -0.4 is 4.90 Å². The van der Waals surface area contributed by atoms with Crippen molar-refractivity contribution in [3.05, 3.63) is 206 Å². The topological polar surface area (TPSA) is 8.17 Å². The van der Waals surface area contributed by atoms with E-state index in [9.17, 15) is 0 Å². The monoisotopic (exact) mass is 662 g/mol. The molecule has 0 aliphatic carbocycles. The third kappa shape index (κ3) is 4.96. The van der Waals surface area contributed by atoms with Crippen LogP contribution in [0.1, 0.15) is 0 Å². The maximum Gasteiger partial charge on any atom is 0.0562 e. The van der Waals surface area contributed by atoms with Crippen molar-refractivity contribution in [2.45, 2.75) is 0 Å². The summed E-state index contributed by atoms with van der Waals surface area (Å²) in [5.74, 6) is 0. The van der Waals surface area contributed by atoms with Crippen LogP contribution in [0.25, 0.3) is 71.3 Å². The first-order valence-electron chi connectivity index (χ1n) is 17.9. The second-order valence-corrected chi connectivity index (χ2v) is 13.3. The van der Waals surface area contributed by atoms with Crippen molar-refractivity contribution in [1.82, 2.24) is 4.57 Å². The van der Waals surface area contributed by atoms with Crippen LogP contribution in [0.2, 0.25) is 0 Å². The summed E-state index contributed by atoms with van der Waals surface area (Å²) < 4.78 is 2.43. The Labute approximate surface area is 303 Å². The lowest BCUT2D eigenvalue weighted by atomic mass is 10.00. The second-order valence-electron chi connectivity index (χ2n) is 13.3. The molecule has 1 heterocycles. The van der Waals surface area contributed by atoms with Gasteiger partial charge in [-0.1, -0.05) is 158 Å². The Morgan fingerprint density at radius 2 is 0.942 bits per heavy atom. The largest absolute Gasteiger partial charge is 0.309 e. The van der Waals surface area contributed by atoms with Crippen LogP contribution in [0.15, 0.2) is 206 Å². The summed E-state index contributed by atoms with van der Waals surface area (Å²) >= 11 is 0. The summed E-state index contributed by atoms with van der Waals surface area (Å²) in [4.78, 5) is 2.45. The van der Waals surface area contributed by atoms with Crippen LogP contribution in [0, 0.1) is 0 Å². The maximum absolute atomic E-state index is 2.45. The molecule has 244 valence electrons. The van der Waals surface area contributed by atoms with Crippen LogP contribution in [0.4, 0.5) is 17.1 Å². The number of benzene rings is 9. The molecule has 0 spiro atoms. The number of fused-ring (bicyclic) bond motifs is 6. The van der Waals surface area contributed by atoms with Gasteiger partial charge in [-0.25, -0.2) is 0 Å². The third-order valence-corrected chi connectivity index (χ3v) is 10.4. The number of aromatic nitrogens is 1. The number of hydrogen-bond acceptors (Lipinski definition) is 1. The third-order valence-electron chi connectivity index (χ3n) is 10.4. The Hall–Kier alpha value is -6.90. The van der Waals surface area contributed by atoms with E-state index in [1.165, 1.54) is 65.6 Å². The Morgan fingerprint density at radius 3 is 1.77 bits per heavy atom. The van der Waals surface area contributed by atoms with E-state index in [0.29, 0.717) is 0 Å². The molecule has 9 aromatic carbocycles. The highest BCUT2D eigenvalue weighted by molar-refractivity contribution is 6.17. The number of hydrogen-bond donors (Lipinski definition) is 0. The molecular weight excluding hydrogens is 629 g/mol. The molecule has 0 saturated heterocycles. The van der Waals surface area contributed by atoms with E-state index in [-0.39, 0.29) is 0 Å². The lowest BCUT2D eigenvalue weighted by Gasteiger charge is -2.29. The first kappa shape index (κ1) is 30.0. The van der Waals surface area contributed by atoms with Crippen LogP contribution >= 0.6 is 0 Å². The predicted octanol–water partition coefficient (Wildman–Crippen LogP) is 13.9. The molecular formula is C50H34N2. The lowest BCUT2D eigenvalue weighted by Crippen LogP contribution is -2.11. The van der Waals surface area contributed by atoms with Gasteiger partial charge in [0.15, 0.2) is 0 Å². The van der Waals surface area contributed by atoms with Crippen molar-refractivity contribution in [3.63, 3.8) is 0 Å². The van der Waals surface area contributed by atoms with Crippen molar-refractivity contribution >= 4 is 60.4 Å². The van der Waals surface area contributed by atoms with Gasteiger partial charge in [0.25, 0.3) is 0 Å². The van der Waals surface area contributed by atoms with E-state index in [0.717, 1.165) is 22.7 Å². The molecule has 0 radical (unpaired) electrons. The summed E-state index contributed by atoms with van der Waals surface area (Å²) in [6.45, 7) is 0. The number of nitrogens with zero attached hydrogens (tertiary/aromatic N) is 2. The van der Waals surface area contributed by atoms with Gasteiger partial charge in [0.05, 0.1) is 22.4 Å². The molecule has 0 aliphatic heterocycles. The summed E-state index contributed by atoms with van der Waals surface area (Å²) in [5.41, 5.74) is 11.6. The van der Waals surface area contributed by atoms with Crippen LogP contribution in [-0.2, 0) is 0 Å². The fraction of sp³-hybridized carbons (Fsp3) is 0. The SMILES string of the molecule is c1ccc(-c2ccc(N(c3ccccc3-c3ccccc3)c3cccc4c3c3ccccc3n4-c3ccc4c(ccc5ccccc54)c3)cc2)cc1. The first-order chi connectivity index (χ1) is 25.8. The summed E-state index contributed by atoms with van der Waals surface area (Å²) in [7, 11) is 0. The minimum atomic E-state index is 1.10. The van der Waals surface area contributed by atoms with Gasteiger partial charge in [-0.3, -0.25) is 0 Å². The molecule has 10 rings (SSSR count). The number of para-hydroxylation sites is 2. The van der Waals surface area contributed by atoms with Gasteiger partial charge in [0.2, 0.25) is 0 Å². The van der Waals surface area contributed by atoms with Crippen molar-refractivity contribution < 1.29 is 0 Å². The van der Waals surface area contributed by atoms with Crippen LogP contribution in [-0.4, -0.2) is 4.57 Å². The molecule has 0 amide bonds. The lowest BCUT2D eigenvalue weighted by molar-refractivity contribution is 1.18. The molecule has 0 atom stereocenters. The molecule has 0 N–H and O–H groups in total. The van der Waals surface area contributed by atoms with Crippen LogP contribution in [0.5, 0.6) is 0 Å². The van der Waals surface area contributed by atoms with Gasteiger partial charge < -0.3 is 9.47 Å². The predicted molar refractivity (Wildman–Crippen MR) is 221 cm³/mol. The molecule has 2 heteroatoms. The van der Waals surface area contributed by atoms with E-state index in [2.05, 4.69) is 216 Å². The second kappa shape index (κ2) is 12.5. The smallest absolute Gasteiger partial charge is 0.0562 e. The quantitative estimate of drug-likeness (QED) is 0.161. The van der Waals surface area contributed by atoms with Gasteiger partial charge >= 0.3 is 0 Å². The minimum absolute atomic E-state index is 1.10. The maximum atomic E-state index is 2.45. The molecule has 52 heavy (non-hydrogen) atoms. The molecule has 0 fully saturated rings. The fourth-order valence-electron chi connectivity index (χ4n) is 7.98. The minimum Gasteiger partial charge on any atom is -0.309 e. The fourth-order valence-corrected chi connectivity index (χ4v) is 7.98. The van der Waals surface area contributed by atoms with Crippen molar-refractivity contribution in [2.24, 2.45) is 0 Å². The molecule has 0 aliphatic rings.